The molecule has 1 N–H and O–H groups in total. The van der Waals surface area contributed by atoms with Gasteiger partial charge in [0.1, 0.15) is 0 Å². The van der Waals surface area contributed by atoms with Crippen LogP contribution in [0.2, 0.25) is 0 Å². The summed E-state index contributed by atoms with van der Waals surface area (Å²) in [4.78, 5) is 16.8. The minimum atomic E-state index is -0.228. The number of nitrogens with one attached hydrogen (secondary N) is 1. The smallest absolute Gasteiger partial charge is 0.307 e. The van der Waals surface area contributed by atoms with Crippen LogP contribution in [0.25, 0.3) is 0 Å². The van der Waals surface area contributed by atoms with Gasteiger partial charge in [0.15, 0.2) is 0 Å². The van der Waals surface area contributed by atoms with Gasteiger partial charge in [0, 0.05) is 23.7 Å². The van der Waals surface area contributed by atoms with Crippen molar-refractivity contribution in [1.29, 1.82) is 0 Å². The number of rotatable bonds is 7. The van der Waals surface area contributed by atoms with Gasteiger partial charge in [-0.05, 0) is 17.0 Å². The van der Waals surface area contributed by atoms with Gasteiger partial charge < -0.3 is 14.8 Å². The highest BCUT2D eigenvalue weighted by molar-refractivity contribution is 7.10. The molecule has 5 nitrogen and oxygen atoms in total. The summed E-state index contributed by atoms with van der Waals surface area (Å²) in [5.74, 6) is 0.358. The SMILES string of the molecule is COC(=O)CC(NCc1ccc(OC)nc1)c1cccs1. The Morgan fingerprint density at radius 2 is 2.24 bits per heavy atom. The third-order valence-corrected chi connectivity index (χ3v) is 4.03. The van der Waals surface area contributed by atoms with Crippen LogP contribution >= 0.6 is 11.3 Å². The van der Waals surface area contributed by atoms with Crippen LogP contribution in [0.1, 0.15) is 22.9 Å². The summed E-state index contributed by atoms with van der Waals surface area (Å²) in [5.41, 5.74) is 1.03. The fraction of sp³-hybridized carbons (Fsp3) is 0.333. The number of carbonyl (C=O) groups excluding carboxylic acids is 1. The van der Waals surface area contributed by atoms with E-state index in [2.05, 4.69) is 10.3 Å². The average molecular weight is 306 g/mol. The van der Waals surface area contributed by atoms with Gasteiger partial charge in [0.25, 0.3) is 0 Å². The Hall–Kier alpha value is -1.92. The number of nitrogens with zero attached hydrogens (tertiary/aromatic N) is 1. The van der Waals surface area contributed by atoms with Crippen molar-refractivity contribution in [3.05, 3.63) is 46.3 Å². The lowest BCUT2D eigenvalue weighted by molar-refractivity contribution is -0.141. The molecule has 0 saturated heterocycles. The van der Waals surface area contributed by atoms with Crippen LogP contribution in [0.3, 0.4) is 0 Å². The summed E-state index contributed by atoms with van der Waals surface area (Å²) < 4.78 is 9.79. The summed E-state index contributed by atoms with van der Waals surface area (Å²) in [5, 5.41) is 5.37. The van der Waals surface area contributed by atoms with Gasteiger partial charge in [-0.3, -0.25) is 4.79 Å². The molecule has 0 aliphatic carbocycles. The molecule has 0 bridgehead atoms. The van der Waals surface area contributed by atoms with Crippen molar-refractivity contribution >= 4 is 17.3 Å². The van der Waals surface area contributed by atoms with E-state index in [-0.39, 0.29) is 12.0 Å². The van der Waals surface area contributed by atoms with Crippen molar-refractivity contribution in [1.82, 2.24) is 10.3 Å². The second kappa shape index (κ2) is 7.75. The average Bonchev–Trinajstić information content (AvgIpc) is 3.06. The monoisotopic (exact) mass is 306 g/mol. The summed E-state index contributed by atoms with van der Waals surface area (Å²) in [7, 11) is 2.99. The Morgan fingerprint density at radius 3 is 2.81 bits per heavy atom. The molecule has 0 spiro atoms. The molecule has 2 aromatic heterocycles. The van der Waals surface area contributed by atoms with Crippen LogP contribution in [0.15, 0.2) is 35.8 Å². The van der Waals surface area contributed by atoms with Gasteiger partial charge in [-0.15, -0.1) is 11.3 Å². The third kappa shape index (κ3) is 4.54. The molecule has 0 radical (unpaired) electrons. The number of methoxy groups -OCH3 is 2. The molecular formula is C15H18N2O3S. The van der Waals surface area contributed by atoms with Crippen molar-refractivity contribution in [3.63, 3.8) is 0 Å². The number of carbonyl (C=O) groups is 1. The van der Waals surface area contributed by atoms with Crippen molar-refractivity contribution in [2.45, 2.75) is 19.0 Å². The molecule has 21 heavy (non-hydrogen) atoms. The van der Waals surface area contributed by atoms with Crippen LogP contribution in [-0.2, 0) is 16.1 Å². The zero-order valence-corrected chi connectivity index (χ0v) is 12.9. The first-order valence-corrected chi connectivity index (χ1v) is 7.43. The minimum absolute atomic E-state index is 0.0560. The van der Waals surface area contributed by atoms with E-state index < -0.39 is 0 Å². The highest BCUT2D eigenvalue weighted by Crippen LogP contribution is 2.23. The molecule has 0 fully saturated rings. The van der Waals surface area contributed by atoms with E-state index in [9.17, 15) is 4.79 Å². The second-order valence-corrected chi connectivity index (χ2v) is 5.42. The second-order valence-electron chi connectivity index (χ2n) is 4.44. The van der Waals surface area contributed by atoms with Gasteiger partial charge in [0.05, 0.1) is 26.7 Å². The van der Waals surface area contributed by atoms with Gasteiger partial charge in [-0.25, -0.2) is 4.98 Å². The zero-order valence-electron chi connectivity index (χ0n) is 12.0. The molecule has 0 saturated carbocycles. The molecular weight excluding hydrogens is 288 g/mol. The standard InChI is InChI=1S/C15H18N2O3S/c1-19-14-6-5-11(10-17-14)9-16-12(8-15(18)20-2)13-4-3-7-21-13/h3-7,10,12,16H,8-9H2,1-2H3. The van der Waals surface area contributed by atoms with Crippen LogP contribution in [0.5, 0.6) is 5.88 Å². The minimum Gasteiger partial charge on any atom is -0.481 e. The normalized spacial score (nSPS) is 11.9. The van der Waals surface area contributed by atoms with Crippen molar-refractivity contribution < 1.29 is 14.3 Å². The first-order valence-electron chi connectivity index (χ1n) is 6.55. The van der Waals surface area contributed by atoms with Gasteiger partial charge in [0.2, 0.25) is 5.88 Å². The molecule has 0 amide bonds. The van der Waals surface area contributed by atoms with Gasteiger partial charge in [-0.1, -0.05) is 12.1 Å². The van der Waals surface area contributed by atoms with E-state index >= 15 is 0 Å². The number of hydrogen-bond acceptors (Lipinski definition) is 6. The van der Waals surface area contributed by atoms with Crippen LogP contribution in [0, 0.1) is 0 Å². The Bertz CT molecular complexity index is 555. The fourth-order valence-corrected chi connectivity index (χ4v) is 2.69. The van der Waals surface area contributed by atoms with Crippen LogP contribution in [0.4, 0.5) is 0 Å². The number of esters is 1. The van der Waals surface area contributed by atoms with E-state index in [4.69, 9.17) is 9.47 Å². The number of thiophene rings is 1. The predicted molar refractivity (Wildman–Crippen MR) is 81.3 cm³/mol. The highest BCUT2D eigenvalue weighted by atomic mass is 32.1. The molecule has 0 aliphatic heterocycles. The number of aromatic nitrogens is 1. The molecule has 1 unspecified atom stereocenters. The molecule has 112 valence electrons. The number of ether oxygens (including phenoxy) is 2. The van der Waals surface area contributed by atoms with Crippen molar-refractivity contribution in [3.8, 4) is 5.88 Å². The lowest BCUT2D eigenvalue weighted by Crippen LogP contribution is -2.23. The van der Waals surface area contributed by atoms with Crippen molar-refractivity contribution in [2.75, 3.05) is 14.2 Å². The molecule has 0 aliphatic rings. The summed E-state index contributed by atoms with van der Waals surface area (Å²) in [6.45, 7) is 0.622. The Labute approximate surface area is 127 Å². The summed E-state index contributed by atoms with van der Waals surface area (Å²) in [6.07, 6.45) is 2.07. The van der Waals surface area contributed by atoms with Gasteiger partial charge in [-0.2, -0.15) is 0 Å². The Balaban J connectivity index is 1.99. The van der Waals surface area contributed by atoms with Gasteiger partial charge >= 0.3 is 5.97 Å². The molecule has 0 aromatic carbocycles. The maximum Gasteiger partial charge on any atom is 0.307 e. The topological polar surface area (TPSA) is 60.5 Å². The van der Waals surface area contributed by atoms with Crippen LogP contribution < -0.4 is 10.1 Å². The lowest BCUT2D eigenvalue weighted by atomic mass is 10.1. The van der Waals surface area contributed by atoms with E-state index in [1.165, 1.54) is 7.11 Å². The van der Waals surface area contributed by atoms with Crippen LogP contribution in [-0.4, -0.2) is 25.2 Å². The highest BCUT2D eigenvalue weighted by Gasteiger charge is 2.17. The molecule has 2 heterocycles. The van der Waals surface area contributed by atoms with E-state index in [1.807, 2.05) is 29.6 Å². The molecule has 1 atom stereocenters. The number of pyridine rings is 1. The largest absolute Gasteiger partial charge is 0.481 e. The Morgan fingerprint density at radius 1 is 1.38 bits per heavy atom. The predicted octanol–water partition coefficient (Wildman–Crippen LogP) is 2.55. The maximum atomic E-state index is 11.5. The summed E-state index contributed by atoms with van der Waals surface area (Å²) >= 11 is 1.62. The quantitative estimate of drug-likeness (QED) is 0.797. The first-order chi connectivity index (χ1) is 10.2. The molecule has 6 heteroatoms. The van der Waals surface area contributed by atoms with Crippen molar-refractivity contribution in [2.24, 2.45) is 0 Å². The third-order valence-electron chi connectivity index (χ3n) is 3.04. The summed E-state index contributed by atoms with van der Waals surface area (Å²) in [6, 6.07) is 7.69. The molecule has 2 aromatic rings. The molecule has 2 rings (SSSR count). The Kier molecular flexibility index (Phi) is 5.71. The van der Waals surface area contributed by atoms with E-state index in [1.54, 1.807) is 24.6 Å². The van der Waals surface area contributed by atoms with E-state index in [0.717, 1.165) is 10.4 Å². The fourth-order valence-electron chi connectivity index (χ4n) is 1.89. The zero-order chi connectivity index (χ0) is 15.1. The maximum absolute atomic E-state index is 11.5. The first kappa shape index (κ1) is 15.5. The van der Waals surface area contributed by atoms with E-state index in [0.29, 0.717) is 18.8 Å². The number of hydrogen-bond donors (Lipinski definition) is 1. The lowest BCUT2D eigenvalue weighted by Gasteiger charge is -2.16.